The average molecular weight is 374 g/mol. The van der Waals surface area contributed by atoms with E-state index < -0.39 is 15.7 Å². The zero-order chi connectivity index (χ0) is 15.6. The zero-order valence-corrected chi connectivity index (χ0v) is 13.5. The predicted octanol–water partition coefficient (Wildman–Crippen LogP) is 3.15. The molecular weight excluding hydrogens is 361 g/mol. The van der Waals surface area contributed by atoms with Gasteiger partial charge in [0.25, 0.3) is 0 Å². The van der Waals surface area contributed by atoms with E-state index in [4.69, 9.17) is 10.5 Å². The van der Waals surface area contributed by atoms with E-state index in [1.807, 2.05) is 0 Å². The Morgan fingerprint density at radius 3 is 2.57 bits per heavy atom. The monoisotopic (exact) mass is 373 g/mol. The van der Waals surface area contributed by atoms with Gasteiger partial charge in [0.15, 0.2) is 9.84 Å². The number of methoxy groups -OCH3 is 1. The molecule has 4 nitrogen and oxygen atoms in total. The minimum absolute atomic E-state index is 0.0315. The minimum Gasteiger partial charge on any atom is -0.496 e. The van der Waals surface area contributed by atoms with Crippen molar-refractivity contribution in [2.75, 3.05) is 12.8 Å². The maximum atomic E-state index is 13.2. The highest BCUT2D eigenvalue weighted by Gasteiger charge is 2.19. The van der Waals surface area contributed by atoms with Crippen LogP contribution in [0.2, 0.25) is 0 Å². The van der Waals surface area contributed by atoms with Gasteiger partial charge in [0, 0.05) is 0 Å². The normalized spacial score (nSPS) is 11.4. The Bertz CT molecular complexity index is 778. The van der Waals surface area contributed by atoms with Gasteiger partial charge in [0.05, 0.1) is 27.9 Å². The topological polar surface area (TPSA) is 69.4 Å². The molecule has 0 bridgehead atoms. The van der Waals surface area contributed by atoms with Gasteiger partial charge < -0.3 is 10.5 Å². The van der Waals surface area contributed by atoms with Crippen LogP contribution in [0.3, 0.4) is 0 Å². The smallest absolute Gasteiger partial charge is 0.184 e. The van der Waals surface area contributed by atoms with Crippen molar-refractivity contribution in [2.45, 2.75) is 10.6 Å². The van der Waals surface area contributed by atoms with Crippen molar-refractivity contribution < 1.29 is 17.5 Å². The molecule has 0 atom stereocenters. The Balaban J connectivity index is 2.37. The first-order valence-electron chi connectivity index (χ1n) is 5.93. The van der Waals surface area contributed by atoms with Gasteiger partial charge >= 0.3 is 0 Å². The highest BCUT2D eigenvalue weighted by molar-refractivity contribution is 9.10. The molecule has 112 valence electrons. The number of sulfone groups is 1. The quantitative estimate of drug-likeness (QED) is 0.835. The van der Waals surface area contributed by atoms with Crippen LogP contribution in [-0.4, -0.2) is 15.5 Å². The summed E-state index contributed by atoms with van der Waals surface area (Å²) in [5.41, 5.74) is 6.21. The van der Waals surface area contributed by atoms with E-state index in [1.54, 1.807) is 18.2 Å². The van der Waals surface area contributed by atoms with Crippen molar-refractivity contribution in [1.82, 2.24) is 0 Å². The molecule has 2 aromatic carbocycles. The maximum absolute atomic E-state index is 13.2. The second kappa shape index (κ2) is 6.03. The molecule has 2 aromatic rings. The summed E-state index contributed by atoms with van der Waals surface area (Å²) in [5.74, 6) is -0.316. The summed E-state index contributed by atoms with van der Waals surface area (Å²) in [4.78, 5) is -0.200. The van der Waals surface area contributed by atoms with Crippen molar-refractivity contribution >= 4 is 31.5 Å². The van der Waals surface area contributed by atoms with Gasteiger partial charge in [-0.2, -0.15) is 0 Å². The van der Waals surface area contributed by atoms with E-state index in [2.05, 4.69) is 15.9 Å². The fourth-order valence-corrected chi connectivity index (χ4v) is 3.96. The number of hydrogen-bond acceptors (Lipinski definition) is 4. The summed E-state index contributed by atoms with van der Waals surface area (Å²) in [6.45, 7) is 0. The number of nitrogen functional groups attached to an aromatic ring is 1. The fraction of sp³-hybridized carbons (Fsp3) is 0.143. The summed E-state index contributed by atoms with van der Waals surface area (Å²) >= 11 is 3.29. The Kier molecular flexibility index (Phi) is 4.53. The first-order valence-corrected chi connectivity index (χ1v) is 8.38. The lowest BCUT2D eigenvalue weighted by atomic mass is 10.2. The van der Waals surface area contributed by atoms with Crippen LogP contribution in [0.4, 0.5) is 10.1 Å². The molecule has 0 radical (unpaired) electrons. The molecule has 7 heteroatoms. The van der Waals surface area contributed by atoms with Gasteiger partial charge in [0.2, 0.25) is 0 Å². The standard InChI is InChI=1S/C14H13BrFNO3S/c1-20-13-5-2-9(6-11(13)15)8-21(18,19)14-7-10(16)3-4-12(14)17/h2-7H,8,17H2,1H3. The molecule has 0 fully saturated rings. The molecule has 21 heavy (non-hydrogen) atoms. The van der Waals surface area contributed by atoms with Crippen molar-refractivity contribution in [3.8, 4) is 5.75 Å². The number of ether oxygens (including phenoxy) is 1. The fourth-order valence-electron chi connectivity index (χ4n) is 1.87. The minimum atomic E-state index is -3.73. The maximum Gasteiger partial charge on any atom is 0.184 e. The van der Waals surface area contributed by atoms with Gasteiger partial charge in [-0.15, -0.1) is 0 Å². The summed E-state index contributed by atoms with van der Waals surface area (Å²) in [6, 6.07) is 8.24. The number of benzene rings is 2. The van der Waals surface area contributed by atoms with E-state index in [9.17, 15) is 12.8 Å². The van der Waals surface area contributed by atoms with Crippen LogP contribution in [0.5, 0.6) is 5.75 Å². The molecule has 0 saturated heterocycles. The number of nitrogens with two attached hydrogens (primary N) is 1. The molecule has 0 aromatic heterocycles. The van der Waals surface area contributed by atoms with E-state index in [0.29, 0.717) is 15.8 Å². The van der Waals surface area contributed by atoms with E-state index in [1.165, 1.54) is 13.2 Å². The molecule has 2 N–H and O–H groups in total. The lowest BCUT2D eigenvalue weighted by molar-refractivity contribution is 0.412. The second-order valence-corrected chi connectivity index (χ2v) is 7.22. The van der Waals surface area contributed by atoms with E-state index in [-0.39, 0.29) is 16.3 Å². The van der Waals surface area contributed by atoms with E-state index >= 15 is 0 Å². The van der Waals surface area contributed by atoms with Crippen LogP contribution in [-0.2, 0) is 15.6 Å². The SMILES string of the molecule is COc1ccc(CS(=O)(=O)c2cc(F)ccc2N)cc1Br. The zero-order valence-electron chi connectivity index (χ0n) is 11.1. The molecule has 0 unspecified atom stereocenters. The van der Waals surface area contributed by atoms with Crippen molar-refractivity contribution in [3.63, 3.8) is 0 Å². The third kappa shape index (κ3) is 3.54. The first kappa shape index (κ1) is 15.8. The summed E-state index contributed by atoms with van der Waals surface area (Å²) in [5, 5.41) is 0. The lowest BCUT2D eigenvalue weighted by Gasteiger charge is -2.09. The lowest BCUT2D eigenvalue weighted by Crippen LogP contribution is -2.08. The van der Waals surface area contributed by atoms with Crippen molar-refractivity contribution in [3.05, 3.63) is 52.3 Å². The van der Waals surface area contributed by atoms with Crippen LogP contribution >= 0.6 is 15.9 Å². The third-order valence-electron chi connectivity index (χ3n) is 2.88. The molecule has 0 amide bonds. The molecule has 0 spiro atoms. The van der Waals surface area contributed by atoms with Gasteiger partial charge in [-0.3, -0.25) is 0 Å². The molecule has 0 aliphatic heterocycles. The molecule has 2 rings (SSSR count). The summed E-state index contributed by atoms with van der Waals surface area (Å²) in [7, 11) is -2.21. The summed E-state index contributed by atoms with van der Waals surface area (Å²) < 4.78 is 43.7. The first-order chi connectivity index (χ1) is 9.83. The van der Waals surface area contributed by atoms with Gasteiger partial charge in [0.1, 0.15) is 11.6 Å². The van der Waals surface area contributed by atoms with Crippen LogP contribution in [0.1, 0.15) is 5.56 Å². The Hall–Kier alpha value is -1.60. The highest BCUT2D eigenvalue weighted by atomic mass is 79.9. The second-order valence-electron chi connectivity index (χ2n) is 4.41. The van der Waals surface area contributed by atoms with Crippen LogP contribution in [0.25, 0.3) is 0 Å². The molecular formula is C14H13BrFNO3S. The number of rotatable bonds is 4. The largest absolute Gasteiger partial charge is 0.496 e. The Morgan fingerprint density at radius 2 is 1.95 bits per heavy atom. The highest BCUT2D eigenvalue weighted by Crippen LogP contribution is 2.28. The predicted molar refractivity (Wildman–Crippen MR) is 82.4 cm³/mol. The van der Waals surface area contributed by atoms with Gasteiger partial charge in [-0.25, -0.2) is 12.8 Å². The Labute approximate surface area is 130 Å². The third-order valence-corrected chi connectivity index (χ3v) is 5.24. The van der Waals surface area contributed by atoms with Crippen molar-refractivity contribution in [1.29, 1.82) is 0 Å². The van der Waals surface area contributed by atoms with Gasteiger partial charge in [-0.1, -0.05) is 6.07 Å². The van der Waals surface area contributed by atoms with Crippen LogP contribution in [0, 0.1) is 5.82 Å². The summed E-state index contributed by atoms with van der Waals surface area (Å²) in [6.07, 6.45) is 0. The van der Waals surface area contributed by atoms with Crippen LogP contribution < -0.4 is 10.5 Å². The molecule has 0 aliphatic carbocycles. The van der Waals surface area contributed by atoms with Gasteiger partial charge in [-0.05, 0) is 51.8 Å². The number of anilines is 1. The Morgan fingerprint density at radius 1 is 1.24 bits per heavy atom. The number of halogens is 2. The van der Waals surface area contributed by atoms with E-state index in [0.717, 1.165) is 12.1 Å². The molecule has 0 aliphatic rings. The van der Waals surface area contributed by atoms with Crippen molar-refractivity contribution in [2.24, 2.45) is 0 Å². The molecule has 0 saturated carbocycles. The van der Waals surface area contributed by atoms with Crippen LogP contribution in [0.15, 0.2) is 45.8 Å². The molecule has 0 heterocycles. The average Bonchev–Trinajstić information content (AvgIpc) is 2.41. The number of hydrogen-bond donors (Lipinski definition) is 1.